The van der Waals surface area contributed by atoms with Gasteiger partial charge >= 0.3 is 6.01 Å². The molecule has 2 aliphatic rings. The molecular formula is C15H19ClN6O2. The molecule has 9 heteroatoms. The van der Waals surface area contributed by atoms with Gasteiger partial charge in [0.25, 0.3) is 0 Å². The molecule has 0 amide bonds. The van der Waals surface area contributed by atoms with Crippen LogP contribution in [0, 0.1) is 0 Å². The molecule has 1 atom stereocenters. The van der Waals surface area contributed by atoms with Gasteiger partial charge in [0.05, 0.1) is 13.3 Å². The van der Waals surface area contributed by atoms with Gasteiger partial charge in [-0.3, -0.25) is 4.90 Å². The summed E-state index contributed by atoms with van der Waals surface area (Å²) in [5.41, 5.74) is 0. The van der Waals surface area contributed by atoms with E-state index in [1.165, 1.54) is 7.11 Å². The van der Waals surface area contributed by atoms with Crippen LogP contribution in [-0.4, -0.2) is 58.8 Å². The van der Waals surface area contributed by atoms with Crippen LogP contribution in [0.4, 0.5) is 5.82 Å². The van der Waals surface area contributed by atoms with Crippen molar-refractivity contribution in [2.45, 2.75) is 24.8 Å². The highest BCUT2D eigenvalue weighted by Crippen LogP contribution is 2.39. The Morgan fingerprint density at radius 1 is 1.29 bits per heavy atom. The number of rotatable bonds is 4. The van der Waals surface area contributed by atoms with E-state index in [-0.39, 0.29) is 6.04 Å². The average molecular weight is 351 g/mol. The normalized spacial score (nSPS) is 22.0. The fourth-order valence-electron chi connectivity index (χ4n) is 2.89. The smallest absolute Gasteiger partial charge is 0.318 e. The topological polar surface area (TPSA) is 80.4 Å². The van der Waals surface area contributed by atoms with Crippen molar-refractivity contribution >= 4 is 17.4 Å². The lowest BCUT2D eigenvalue weighted by Crippen LogP contribution is -2.47. The fraction of sp³-hybridized carbons (Fsp3) is 0.600. The van der Waals surface area contributed by atoms with Crippen molar-refractivity contribution in [1.82, 2.24) is 25.0 Å². The Balaban J connectivity index is 1.58. The first kappa shape index (κ1) is 15.6. The number of aromatic nitrogens is 4. The van der Waals surface area contributed by atoms with Gasteiger partial charge in [0.2, 0.25) is 5.89 Å². The Hall–Kier alpha value is -1.93. The predicted octanol–water partition coefficient (Wildman–Crippen LogP) is 1.89. The van der Waals surface area contributed by atoms with Crippen molar-refractivity contribution in [2.24, 2.45) is 0 Å². The summed E-state index contributed by atoms with van der Waals surface area (Å²) in [5.74, 6) is 2.63. The fourth-order valence-corrected chi connectivity index (χ4v) is 3.10. The molecule has 0 bridgehead atoms. The van der Waals surface area contributed by atoms with Gasteiger partial charge in [-0.2, -0.15) is 9.97 Å². The molecule has 2 aromatic heterocycles. The largest absolute Gasteiger partial charge is 0.467 e. The van der Waals surface area contributed by atoms with E-state index in [1.807, 2.05) is 0 Å². The summed E-state index contributed by atoms with van der Waals surface area (Å²) in [7, 11) is 3.60. The second kappa shape index (κ2) is 6.18. The molecule has 128 valence electrons. The van der Waals surface area contributed by atoms with Crippen molar-refractivity contribution in [1.29, 1.82) is 0 Å². The third-order valence-electron chi connectivity index (χ3n) is 4.52. The van der Waals surface area contributed by atoms with Crippen molar-refractivity contribution in [2.75, 3.05) is 38.7 Å². The third kappa shape index (κ3) is 2.91. The minimum atomic E-state index is 0.00998. The molecule has 1 aliphatic carbocycles. The molecule has 8 nitrogen and oxygen atoms in total. The molecule has 24 heavy (non-hydrogen) atoms. The third-order valence-corrected chi connectivity index (χ3v) is 4.79. The lowest BCUT2D eigenvalue weighted by molar-refractivity contribution is 0.177. The SMILES string of the molecule is COc1ncc(Cl)c(N2CCN(C)[C@@H](c3nc(C4CC4)no3)C2)n1. The number of ether oxygens (including phenoxy) is 1. The van der Waals surface area contributed by atoms with Crippen LogP contribution in [0.25, 0.3) is 0 Å². The molecule has 2 fully saturated rings. The molecular weight excluding hydrogens is 332 g/mol. The van der Waals surface area contributed by atoms with E-state index in [2.05, 4.69) is 37.0 Å². The second-order valence-corrected chi connectivity index (χ2v) is 6.64. The minimum absolute atomic E-state index is 0.00998. The molecule has 3 heterocycles. The standard InChI is InChI=1S/C15H19ClN6O2/c1-21-5-6-22(13-10(16)7-17-15(19-13)23-2)8-11(21)14-18-12(20-24-14)9-3-4-9/h7,9,11H,3-6,8H2,1-2H3/t11-/m1/s1. The highest BCUT2D eigenvalue weighted by atomic mass is 35.5. The zero-order valence-corrected chi connectivity index (χ0v) is 14.4. The van der Waals surface area contributed by atoms with Crippen LogP contribution in [0.15, 0.2) is 10.7 Å². The van der Waals surface area contributed by atoms with Crippen molar-refractivity contribution in [3.8, 4) is 6.01 Å². The molecule has 1 aliphatic heterocycles. The first-order valence-corrected chi connectivity index (χ1v) is 8.38. The van der Waals surface area contributed by atoms with Gasteiger partial charge in [-0.1, -0.05) is 16.8 Å². The molecule has 0 radical (unpaired) electrons. The summed E-state index contributed by atoms with van der Waals surface area (Å²) in [6.07, 6.45) is 3.87. The number of methoxy groups -OCH3 is 1. The molecule has 1 saturated carbocycles. The van der Waals surface area contributed by atoms with Gasteiger partial charge in [-0.25, -0.2) is 4.98 Å². The zero-order valence-electron chi connectivity index (χ0n) is 13.6. The summed E-state index contributed by atoms with van der Waals surface area (Å²) in [6, 6.07) is 0.314. The number of hydrogen-bond donors (Lipinski definition) is 0. The van der Waals surface area contributed by atoms with Crippen LogP contribution < -0.4 is 9.64 Å². The summed E-state index contributed by atoms with van der Waals surface area (Å²) in [4.78, 5) is 17.3. The maximum absolute atomic E-state index is 6.28. The van der Waals surface area contributed by atoms with E-state index < -0.39 is 0 Å². The summed E-state index contributed by atoms with van der Waals surface area (Å²) in [5, 5.41) is 4.63. The van der Waals surface area contributed by atoms with E-state index >= 15 is 0 Å². The molecule has 4 rings (SSSR count). The highest BCUT2D eigenvalue weighted by molar-refractivity contribution is 6.32. The number of halogens is 1. The van der Waals surface area contributed by atoms with Crippen LogP contribution >= 0.6 is 11.6 Å². The minimum Gasteiger partial charge on any atom is -0.467 e. The molecule has 0 aromatic carbocycles. The van der Waals surface area contributed by atoms with Gasteiger partial charge in [-0.05, 0) is 19.9 Å². The Labute approximate surface area is 144 Å². The van der Waals surface area contributed by atoms with Gasteiger partial charge in [0.15, 0.2) is 11.6 Å². The summed E-state index contributed by atoms with van der Waals surface area (Å²) < 4.78 is 10.6. The zero-order chi connectivity index (χ0) is 16.7. The monoisotopic (exact) mass is 350 g/mol. The Morgan fingerprint density at radius 3 is 2.88 bits per heavy atom. The lowest BCUT2D eigenvalue weighted by Gasteiger charge is -2.38. The van der Waals surface area contributed by atoms with Crippen molar-refractivity contribution < 1.29 is 9.26 Å². The van der Waals surface area contributed by atoms with Gasteiger partial charge in [0, 0.05) is 25.6 Å². The first-order valence-electron chi connectivity index (χ1n) is 8.01. The van der Waals surface area contributed by atoms with Crippen molar-refractivity contribution in [3.05, 3.63) is 22.9 Å². The van der Waals surface area contributed by atoms with E-state index in [0.29, 0.717) is 35.2 Å². The van der Waals surface area contributed by atoms with Crippen LogP contribution in [0.5, 0.6) is 6.01 Å². The predicted molar refractivity (Wildman–Crippen MR) is 87.5 cm³/mol. The molecule has 2 aromatic rings. The molecule has 1 saturated heterocycles. The van der Waals surface area contributed by atoms with Gasteiger partial charge in [-0.15, -0.1) is 0 Å². The maximum atomic E-state index is 6.28. The lowest BCUT2D eigenvalue weighted by atomic mass is 10.1. The number of piperazine rings is 1. The number of anilines is 1. The van der Waals surface area contributed by atoms with E-state index in [4.69, 9.17) is 20.9 Å². The number of likely N-dealkylation sites (N-methyl/N-ethyl adjacent to an activating group) is 1. The van der Waals surface area contributed by atoms with Crippen molar-refractivity contribution in [3.63, 3.8) is 0 Å². The Morgan fingerprint density at radius 2 is 2.12 bits per heavy atom. The van der Waals surface area contributed by atoms with Crippen LogP contribution in [0.2, 0.25) is 5.02 Å². The molecule has 0 unspecified atom stereocenters. The Kier molecular flexibility index (Phi) is 4.01. The second-order valence-electron chi connectivity index (χ2n) is 6.24. The quantitative estimate of drug-likeness (QED) is 0.827. The maximum Gasteiger partial charge on any atom is 0.318 e. The van der Waals surface area contributed by atoms with Crippen LogP contribution in [0.3, 0.4) is 0 Å². The number of nitrogens with zero attached hydrogens (tertiary/aromatic N) is 6. The van der Waals surface area contributed by atoms with Crippen LogP contribution in [0.1, 0.15) is 36.5 Å². The van der Waals surface area contributed by atoms with E-state index in [9.17, 15) is 0 Å². The first-order chi connectivity index (χ1) is 11.7. The van der Waals surface area contributed by atoms with E-state index in [0.717, 1.165) is 31.8 Å². The Bertz CT molecular complexity index is 735. The van der Waals surface area contributed by atoms with Gasteiger partial charge in [0.1, 0.15) is 11.1 Å². The summed E-state index contributed by atoms with van der Waals surface area (Å²) >= 11 is 6.28. The van der Waals surface area contributed by atoms with Crippen LogP contribution in [-0.2, 0) is 0 Å². The number of hydrogen-bond acceptors (Lipinski definition) is 8. The highest BCUT2D eigenvalue weighted by Gasteiger charge is 2.34. The van der Waals surface area contributed by atoms with E-state index in [1.54, 1.807) is 6.20 Å². The average Bonchev–Trinajstić information content (AvgIpc) is 3.34. The van der Waals surface area contributed by atoms with Gasteiger partial charge < -0.3 is 14.2 Å². The summed E-state index contributed by atoms with van der Waals surface area (Å²) in [6.45, 7) is 2.31. The molecule has 0 spiro atoms. The molecule has 0 N–H and O–H groups in total.